The largest absolute Gasteiger partial charge is 0.350 e. The van der Waals surface area contributed by atoms with E-state index in [1.807, 2.05) is 0 Å². The number of halogens is 2. The fourth-order valence-corrected chi connectivity index (χ4v) is 3.26. The Morgan fingerprint density at radius 1 is 1.26 bits per heavy atom. The highest BCUT2D eigenvalue weighted by atomic mass is 19.1. The predicted molar refractivity (Wildman–Crippen MR) is 90.9 cm³/mol. The van der Waals surface area contributed by atoms with Gasteiger partial charge in [-0.1, -0.05) is 0 Å². The first kappa shape index (κ1) is 18.7. The molecule has 0 spiro atoms. The Morgan fingerprint density at radius 2 is 2.00 bits per heavy atom. The molecule has 0 aliphatic carbocycles. The van der Waals surface area contributed by atoms with E-state index in [2.05, 4.69) is 4.98 Å². The molecule has 0 bridgehead atoms. The van der Waals surface area contributed by atoms with Gasteiger partial charge >= 0.3 is 0 Å². The summed E-state index contributed by atoms with van der Waals surface area (Å²) in [5.41, 5.74) is 0.133. The van der Waals surface area contributed by atoms with Gasteiger partial charge < -0.3 is 24.4 Å². The van der Waals surface area contributed by atoms with E-state index < -0.39 is 35.4 Å². The van der Waals surface area contributed by atoms with Gasteiger partial charge in [-0.25, -0.2) is 8.78 Å². The molecule has 1 aliphatic heterocycles. The number of nitrogens with zero attached hydrogens (tertiary/aromatic N) is 2. The molecule has 1 N–H and O–H groups in total. The van der Waals surface area contributed by atoms with Gasteiger partial charge in [0, 0.05) is 31.0 Å². The molecule has 1 saturated heterocycles. The van der Waals surface area contributed by atoms with Crippen molar-refractivity contribution < 1.29 is 28.0 Å². The second kappa shape index (κ2) is 7.26. The monoisotopic (exact) mass is 377 g/mol. The molecule has 2 aromatic rings. The third-order valence-electron chi connectivity index (χ3n) is 4.65. The molecule has 7 nitrogen and oxygen atoms in total. The molecule has 142 valence electrons. The van der Waals surface area contributed by atoms with Crippen molar-refractivity contribution in [3.63, 3.8) is 0 Å². The number of fused-ring (bicyclic) bond motifs is 1. The Morgan fingerprint density at radius 3 is 2.67 bits per heavy atom. The zero-order valence-electron chi connectivity index (χ0n) is 14.4. The van der Waals surface area contributed by atoms with Gasteiger partial charge in [0.2, 0.25) is 5.91 Å². The maximum atomic E-state index is 13.8. The number of aromatic nitrogens is 1. The van der Waals surface area contributed by atoms with Gasteiger partial charge in [-0.15, -0.1) is 0 Å². The van der Waals surface area contributed by atoms with Crippen LogP contribution in [0.25, 0.3) is 10.9 Å². The number of aldehydes is 2. The van der Waals surface area contributed by atoms with Crippen LogP contribution >= 0.6 is 0 Å². The minimum Gasteiger partial charge on any atom is -0.350 e. The van der Waals surface area contributed by atoms with Crippen molar-refractivity contribution in [2.45, 2.75) is 12.5 Å². The summed E-state index contributed by atoms with van der Waals surface area (Å²) < 4.78 is 27.1. The number of likely N-dealkylation sites (N-methyl/N-ethyl adjacent to an activating group) is 1. The number of nitrogens with one attached hydrogen (secondary N) is 1. The van der Waals surface area contributed by atoms with Crippen LogP contribution in [0.4, 0.5) is 8.78 Å². The van der Waals surface area contributed by atoms with Crippen molar-refractivity contribution in [2.24, 2.45) is 5.92 Å². The Kier molecular flexibility index (Phi) is 5.02. The van der Waals surface area contributed by atoms with E-state index in [0.29, 0.717) is 18.6 Å². The van der Waals surface area contributed by atoms with Crippen molar-refractivity contribution in [2.75, 3.05) is 20.1 Å². The Balaban J connectivity index is 1.74. The summed E-state index contributed by atoms with van der Waals surface area (Å²) in [4.78, 5) is 52.0. The second-order valence-electron chi connectivity index (χ2n) is 6.57. The number of carbonyl (C=O) groups is 4. The quantitative estimate of drug-likeness (QED) is 0.791. The van der Waals surface area contributed by atoms with Crippen molar-refractivity contribution in [3.05, 3.63) is 35.5 Å². The van der Waals surface area contributed by atoms with E-state index in [0.717, 1.165) is 11.0 Å². The number of amides is 2. The molecule has 9 heteroatoms. The summed E-state index contributed by atoms with van der Waals surface area (Å²) in [7, 11) is 1.38. The summed E-state index contributed by atoms with van der Waals surface area (Å²) >= 11 is 0. The van der Waals surface area contributed by atoms with Crippen LogP contribution in [0.1, 0.15) is 16.9 Å². The third-order valence-corrected chi connectivity index (χ3v) is 4.65. The molecule has 3 rings (SSSR count). The topological polar surface area (TPSA) is 90.6 Å². The fourth-order valence-electron chi connectivity index (χ4n) is 3.26. The lowest BCUT2D eigenvalue weighted by Crippen LogP contribution is -2.44. The van der Waals surface area contributed by atoms with Gasteiger partial charge in [0.15, 0.2) is 0 Å². The van der Waals surface area contributed by atoms with Crippen molar-refractivity contribution in [1.82, 2.24) is 14.8 Å². The van der Waals surface area contributed by atoms with Gasteiger partial charge in [0.25, 0.3) is 5.91 Å². The molecule has 27 heavy (non-hydrogen) atoms. The number of likely N-dealkylation sites (tertiary alicyclic amines) is 1. The van der Waals surface area contributed by atoms with E-state index >= 15 is 0 Å². The molecular weight excluding hydrogens is 360 g/mol. The van der Waals surface area contributed by atoms with E-state index in [1.165, 1.54) is 18.0 Å². The lowest BCUT2D eigenvalue weighted by molar-refractivity contribution is -0.135. The fraction of sp³-hybridized carbons (Fsp3) is 0.333. The molecule has 1 aromatic heterocycles. The van der Waals surface area contributed by atoms with Crippen LogP contribution < -0.4 is 0 Å². The molecule has 2 heterocycles. The molecule has 1 fully saturated rings. The van der Waals surface area contributed by atoms with Gasteiger partial charge in [0.1, 0.15) is 29.9 Å². The zero-order valence-corrected chi connectivity index (χ0v) is 14.4. The number of aromatic amines is 1. The normalized spacial score (nSPS) is 19.3. The summed E-state index contributed by atoms with van der Waals surface area (Å²) in [6.07, 6.45) is 1.58. The van der Waals surface area contributed by atoms with Crippen molar-refractivity contribution in [1.29, 1.82) is 0 Å². The highest BCUT2D eigenvalue weighted by Gasteiger charge is 2.35. The van der Waals surface area contributed by atoms with Crippen molar-refractivity contribution >= 4 is 35.3 Å². The van der Waals surface area contributed by atoms with Crippen LogP contribution in [-0.4, -0.2) is 65.3 Å². The van der Waals surface area contributed by atoms with E-state index in [9.17, 15) is 28.0 Å². The number of benzene rings is 1. The standard InChI is InChI=1S/C18H17F2N3O4/c1-22(7-17(26)23-6-10(8-24)2-12(23)9-25)18(27)16-5-13-14(20)3-11(19)4-15(13)21-16/h3-5,8-10,12,21H,2,6-7H2,1H3. The van der Waals surface area contributed by atoms with Crippen LogP contribution in [0.2, 0.25) is 0 Å². The summed E-state index contributed by atoms with van der Waals surface area (Å²) in [6, 6.07) is 2.34. The minimum absolute atomic E-state index is 0.00364. The van der Waals surface area contributed by atoms with Crippen LogP contribution in [0.5, 0.6) is 0 Å². The molecule has 0 radical (unpaired) electrons. The van der Waals surface area contributed by atoms with E-state index in [-0.39, 0.29) is 36.1 Å². The van der Waals surface area contributed by atoms with Crippen LogP contribution in [0, 0.1) is 17.6 Å². The first-order chi connectivity index (χ1) is 12.8. The molecule has 2 atom stereocenters. The number of hydrogen-bond donors (Lipinski definition) is 1. The number of rotatable bonds is 5. The first-order valence-electron chi connectivity index (χ1n) is 8.27. The number of hydrogen-bond acceptors (Lipinski definition) is 4. The highest BCUT2D eigenvalue weighted by molar-refractivity contribution is 5.99. The average molecular weight is 377 g/mol. The molecule has 2 amide bonds. The summed E-state index contributed by atoms with van der Waals surface area (Å²) in [5.74, 6) is -3.04. The lowest BCUT2D eigenvalue weighted by atomic mass is 10.1. The van der Waals surface area contributed by atoms with Gasteiger partial charge in [0.05, 0.1) is 18.1 Å². The van der Waals surface area contributed by atoms with Gasteiger partial charge in [-0.2, -0.15) is 0 Å². The molecule has 2 unspecified atom stereocenters. The SMILES string of the molecule is CN(CC(=O)N1CC(C=O)CC1C=O)C(=O)c1cc2c(F)cc(F)cc2[nH]1. The minimum atomic E-state index is -0.801. The Labute approximate surface area is 152 Å². The average Bonchev–Trinajstić information content (AvgIpc) is 3.24. The lowest BCUT2D eigenvalue weighted by Gasteiger charge is -2.24. The third kappa shape index (κ3) is 3.57. The Hall–Kier alpha value is -3.10. The van der Waals surface area contributed by atoms with Crippen LogP contribution in [-0.2, 0) is 14.4 Å². The molecule has 1 aliphatic rings. The number of carbonyl (C=O) groups excluding carboxylic acids is 4. The summed E-state index contributed by atoms with van der Waals surface area (Å²) in [6.45, 7) is -0.189. The second-order valence-corrected chi connectivity index (χ2v) is 6.57. The van der Waals surface area contributed by atoms with Gasteiger partial charge in [-0.05, 0) is 18.6 Å². The zero-order chi connectivity index (χ0) is 19.7. The van der Waals surface area contributed by atoms with Gasteiger partial charge in [-0.3, -0.25) is 9.59 Å². The smallest absolute Gasteiger partial charge is 0.270 e. The molecular formula is C18H17F2N3O4. The first-order valence-corrected chi connectivity index (χ1v) is 8.27. The number of H-pyrrole nitrogens is 1. The molecule has 0 saturated carbocycles. The summed E-state index contributed by atoms with van der Waals surface area (Å²) in [5, 5.41) is 0.0638. The van der Waals surface area contributed by atoms with Crippen molar-refractivity contribution in [3.8, 4) is 0 Å². The maximum Gasteiger partial charge on any atom is 0.270 e. The Bertz CT molecular complexity index is 927. The van der Waals surface area contributed by atoms with E-state index in [1.54, 1.807) is 0 Å². The van der Waals surface area contributed by atoms with Crippen LogP contribution in [0.15, 0.2) is 18.2 Å². The highest BCUT2D eigenvalue weighted by Crippen LogP contribution is 2.22. The molecule has 1 aromatic carbocycles. The predicted octanol–water partition coefficient (Wildman–Crippen LogP) is 1.13. The van der Waals surface area contributed by atoms with Crippen LogP contribution in [0.3, 0.4) is 0 Å². The van der Waals surface area contributed by atoms with E-state index in [4.69, 9.17) is 0 Å². The maximum absolute atomic E-state index is 13.8.